The van der Waals surface area contributed by atoms with E-state index in [0.29, 0.717) is 5.25 Å². The van der Waals surface area contributed by atoms with Crippen LogP contribution in [0.15, 0.2) is 46.4 Å². The SMILES string of the molecule is CCSc1ccc2c(c1)C1SC=CC=C1N2C. The lowest BCUT2D eigenvalue weighted by molar-refractivity contribution is 1.08. The van der Waals surface area contributed by atoms with Crippen molar-refractivity contribution in [1.29, 1.82) is 0 Å². The van der Waals surface area contributed by atoms with Gasteiger partial charge in [0.05, 0.1) is 5.25 Å². The summed E-state index contributed by atoms with van der Waals surface area (Å²) in [5, 5.41) is 2.69. The topological polar surface area (TPSA) is 3.24 Å². The quantitative estimate of drug-likeness (QED) is 0.725. The molecule has 2 aliphatic rings. The largest absolute Gasteiger partial charge is 0.346 e. The Morgan fingerprint density at radius 2 is 2.29 bits per heavy atom. The lowest BCUT2D eigenvalue weighted by atomic mass is 10.1. The van der Waals surface area contributed by atoms with Gasteiger partial charge in [-0.3, -0.25) is 0 Å². The van der Waals surface area contributed by atoms with Gasteiger partial charge in [0.2, 0.25) is 0 Å². The Kier molecular flexibility index (Phi) is 2.97. The van der Waals surface area contributed by atoms with Gasteiger partial charge in [-0.05, 0) is 41.0 Å². The maximum Gasteiger partial charge on any atom is 0.0760 e. The molecule has 0 N–H and O–H groups in total. The van der Waals surface area contributed by atoms with E-state index in [9.17, 15) is 0 Å². The average molecular weight is 261 g/mol. The maximum atomic E-state index is 2.36. The highest BCUT2D eigenvalue weighted by atomic mass is 32.2. The number of hydrogen-bond acceptors (Lipinski definition) is 3. The van der Waals surface area contributed by atoms with E-state index in [4.69, 9.17) is 0 Å². The molecule has 0 saturated heterocycles. The first-order chi connectivity index (χ1) is 8.31. The third-order valence-electron chi connectivity index (χ3n) is 3.17. The first kappa shape index (κ1) is 11.3. The van der Waals surface area contributed by atoms with E-state index in [1.807, 2.05) is 23.5 Å². The van der Waals surface area contributed by atoms with Crippen molar-refractivity contribution in [3.05, 3.63) is 47.0 Å². The molecule has 2 heterocycles. The van der Waals surface area contributed by atoms with Crippen molar-refractivity contribution in [2.45, 2.75) is 17.1 Å². The number of allylic oxidation sites excluding steroid dienone is 2. The summed E-state index contributed by atoms with van der Waals surface area (Å²) in [7, 11) is 2.16. The van der Waals surface area contributed by atoms with Crippen LogP contribution in [0.4, 0.5) is 5.69 Å². The van der Waals surface area contributed by atoms with Gasteiger partial charge in [-0.25, -0.2) is 0 Å². The first-order valence-corrected chi connectivity index (χ1v) is 7.76. The van der Waals surface area contributed by atoms with Crippen LogP contribution >= 0.6 is 23.5 Å². The third kappa shape index (κ3) is 1.81. The van der Waals surface area contributed by atoms with Gasteiger partial charge in [0.15, 0.2) is 0 Å². The third-order valence-corrected chi connectivity index (χ3v) is 5.13. The number of anilines is 1. The van der Waals surface area contributed by atoms with E-state index in [2.05, 4.69) is 54.6 Å². The fraction of sp³-hybridized carbons (Fsp3) is 0.286. The van der Waals surface area contributed by atoms with Crippen LogP contribution in [-0.2, 0) is 0 Å². The van der Waals surface area contributed by atoms with Gasteiger partial charge < -0.3 is 4.90 Å². The fourth-order valence-corrected chi connectivity index (χ4v) is 4.13. The minimum absolute atomic E-state index is 0.498. The number of hydrogen-bond donors (Lipinski definition) is 0. The van der Waals surface area contributed by atoms with E-state index in [1.54, 1.807) is 0 Å². The maximum absolute atomic E-state index is 2.36. The molecule has 1 aromatic rings. The second-order valence-corrected chi connectivity index (χ2v) is 6.50. The molecule has 1 nitrogen and oxygen atoms in total. The van der Waals surface area contributed by atoms with E-state index in [1.165, 1.54) is 21.8 Å². The summed E-state index contributed by atoms with van der Waals surface area (Å²) in [5.74, 6) is 1.13. The second-order valence-electron chi connectivity index (χ2n) is 4.15. The normalized spacial score (nSPS) is 21.2. The van der Waals surface area contributed by atoms with Gasteiger partial charge in [0.1, 0.15) is 0 Å². The van der Waals surface area contributed by atoms with Gasteiger partial charge in [0, 0.05) is 23.3 Å². The van der Waals surface area contributed by atoms with E-state index in [-0.39, 0.29) is 0 Å². The number of nitrogens with zero attached hydrogens (tertiary/aromatic N) is 1. The molecule has 0 amide bonds. The summed E-state index contributed by atoms with van der Waals surface area (Å²) in [6.07, 6.45) is 4.37. The predicted molar refractivity (Wildman–Crippen MR) is 78.8 cm³/mol. The van der Waals surface area contributed by atoms with Crippen molar-refractivity contribution in [3.8, 4) is 0 Å². The summed E-state index contributed by atoms with van der Waals surface area (Å²) < 4.78 is 0. The first-order valence-electron chi connectivity index (χ1n) is 5.84. The summed E-state index contributed by atoms with van der Waals surface area (Å²) in [5.41, 5.74) is 4.23. The zero-order valence-corrected chi connectivity index (χ0v) is 11.6. The van der Waals surface area contributed by atoms with Crippen molar-refractivity contribution in [2.75, 3.05) is 17.7 Å². The Hall–Kier alpha value is -0.800. The highest BCUT2D eigenvalue weighted by Crippen LogP contribution is 2.51. The molecule has 0 saturated carbocycles. The average Bonchev–Trinajstić information content (AvgIpc) is 2.65. The Balaban J connectivity index is 2.05. The molecule has 0 bridgehead atoms. The zero-order chi connectivity index (χ0) is 11.8. The molecular weight excluding hydrogens is 246 g/mol. The minimum atomic E-state index is 0.498. The Labute approximate surface area is 111 Å². The van der Waals surface area contributed by atoms with Crippen LogP contribution in [0.1, 0.15) is 17.7 Å². The van der Waals surface area contributed by atoms with E-state index >= 15 is 0 Å². The van der Waals surface area contributed by atoms with E-state index < -0.39 is 0 Å². The molecule has 0 fully saturated rings. The van der Waals surface area contributed by atoms with Gasteiger partial charge >= 0.3 is 0 Å². The van der Waals surface area contributed by atoms with Crippen LogP contribution in [0.3, 0.4) is 0 Å². The molecule has 0 aliphatic carbocycles. The van der Waals surface area contributed by atoms with Crippen molar-refractivity contribution >= 4 is 29.2 Å². The summed E-state index contributed by atoms with van der Waals surface area (Å²) in [6, 6.07) is 6.85. The predicted octanol–water partition coefficient (Wildman–Crippen LogP) is 4.43. The highest BCUT2D eigenvalue weighted by Gasteiger charge is 2.32. The Morgan fingerprint density at radius 1 is 1.41 bits per heavy atom. The van der Waals surface area contributed by atoms with Crippen LogP contribution < -0.4 is 4.90 Å². The number of thioether (sulfide) groups is 2. The molecule has 88 valence electrons. The van der Waals surface area contributed by atoms with Gasteiger partial charge in [-0.1, -0.05) is 13.0 Å². The van der Waals surface area contributed by atoms with Gasteiger partial charge in [0.25, 0.3) is 0 Å². The molecular formula is C14H15NS2. The highest BCUT2D eigenvalue weighted by molar-refractivity contribution is 8.02. The molecule has 1 unspecified atom stereocenters. The summed E-state index contributed by atoms with van der Waals surface area (Å²) >= 11 is 3.82. The Bertz CT molecular complexity index is 505. The molecule has 0 radical (unpaired) electrons. The van der Waals surface area contributed by atoms with Crippen LogP contribution in [0.2, 0.25) is 0 Å². The fourth-order valence-electron chi connectivity index (χ4n) is 2.38. The molecule has 1 atom stereocenters. The molecule has 3 rings (SSSR count). The molecule has 17 heavy (non-hydrogen) atoms. The van der Waals surface area contributed by atoms with Gasteiger partial charge in [-0.15, -0.1) is 23.5 Å². The van der Waals surface area contributed by atoms with Crippen LogP contribution in [0.25, 0.3) is 0 Å². The van der Waals surface area contributed by atoms with Crippen molar-refractivity contribution in [1.82, 2.24) is 0 Å². The molecule has 0 spiro atoms. The summed E-state index contributed by atoms with van der Waals surface area (Å²) in [4.78, 5) is 3.70. The van der Waals surface area contributed by atoms with Crippen molar-refractivity contribution < 1.29 is 0 Å². The standard InChI is InChI=1S/C14H15NS2/c1-3-16-10-6-7-12-11(9-10)14-13(15(12)2)5-4-8-17-14/h4-9,14H,3H2,1-2H3. The monoisotopic (exact) mass is 261 g/mol. The zero-order valence-electron chi connectivity index (χ0n) is 10.0. The molecule has 2 aliphatic heterocycles. The number of likely N-dealkylation sites (N-methyl/N-ethyl adjacent to an activating group) is 1. The lowest BCUT2D eigenvalue weighted by Crippen LogP contribution is -2.12. The minimum Gasteiger partial charge on any atom is -0.346 e. The van der Waals surface area contributed by atoms with Crippen molar-refractivity contribution in [2.24, 2.45) is 0 Å². The lowest BCUT2D eigenvalue weighted by Gasteiger charge is -2.18. The molecule has 0 aromatic heterocycles. The number of benzene rings is 1. The van der Waals surface area contributed by atoms with Gasteiger partial charge in [-0.2, -0.15) is 0 Å². The number of rotatable bonds is 2. The second kappa shape index (κ2) is 4.46. The van der Waals surface area contributed by atoms with Crippen molar-refractivity contribution in [3.63, 3.8) is 0 Å². The number of fused-ring (bicyclic) bond motifs is 3. The Morgan fingerprint density at radius 3 is 3.12 bits per heavy atom. The summed E-state index contributed by atoms with van der Waals surface area (Å²) in [6.45, 7) is 2.20. The van der Waals surface area contributed by atoms with E-state index in [0.717, 1.165) is 5.75 Å². The molecule has 1 aromatic carbocycles. The smallest absolute Gasteiger partial charge is 0.0760 e. The van der Waals surface area contributed by atoms with Crippen LogP contribution in [-0.4, -0.2) is 12.8 Å². The van der Waals surface area contributed by atoms with Crippen LogP contribution in [0.5, 0.6) is 0 Å². The van der Waals surface area contributed by atoms with Crippen LogP contribution in [0, 0.1) is 0 Å². The molecule has 3 heteroatoms.